The van der Waals surface area contributed by atoms with Gasteiger partial charge in [0.2, 0.25) is 5.91 Å². The second kappa shape index (κ2) is 8.45. The predicted octanol–water partition coefficient (Wildman–Crippen LogP) is 3.98. The van der Waals surface area contributed by atoms with Gasteiger partial charge in [0.05, 0.1) is 6.04 Å². The number of carbonyl (C=O) groups excluding carboxylic acids is 2. The van der Waals surface area contributed by atoms with E-state index in [1.807, 2.05) is 43.3 Å². The molecule has 4 nitrogen and oxygen atoms in total. The third kappa shape index (κ3) is 4.91. The minimum Gasteiger partial charge on any atom is -0.352 e. The van der Waals surface area contributed by atoms with Crippen molar-refractivity contribution in [2.24, 2.45) is 0 Å². The largest absolute Gasteiger partial charge is 0.352 e. The number of fused-ring (bicyclic) bond motifs is 1. The van der Waals surface area contributed by atoms with Crippen molar-refractivity contribution >= 4 is 22.6 Å². The van der Waals surface area contributed by atoms with Crippen LogP contribution >= 0.6 is 0 Å². The molecule has 0 aliphatic heterocycles. The SMILES string of the molecule is CC(NC(=O)CCNC(=O)c1ccc2ccccc2c1)c1ccc(F)cc1. The maximum Gasteiger partial charge on any atom is 0.251 e. The van der Waals surface area contributed by atoms with Gasteiger partial charge in [-0.1, -0.05) is 42.5 Å². The molecule has 0 aromatic heterocycles. The molecular formula is C22H21FN2O2. The molecule has 138 valence electrons. The predicted molar refractivity (Wildman–Crippen MR) is 104 cm³/mol. The lowest BCUT2D eigenvalue weighted by Gasteiger charge is -2.14. The molecular weight excluding hydrogens is 343 g/mol. The van der Waals surface area contributed by atoms with Crippen LogP contribution in [-0.4, -0.2) is 18.4 Å². The Bertz CT molecular complexity index is 954. The maximum absolute atomic E-state index is 13.0. The van der Waals surface area contributed by atoms with Gasteiger partial charge < -0.3 is 10.6 Å². The number of carbonyl (C=O) groups is 2. The molecule has 5 heteroatoms. The zero-order valence-corrected chi connectivity index (χ0v) is 15.0. The second-order valence-corrected chi connectivity index (χ2v) is 6.41. The highest BCUT2D eigenvalue weighted by Gasteiger charge is 2.11. The van der Waals surface area contributed by atoms with Crippen LogP contribution in [0.15, 0.2) is 66.7 Å². The first kappa shape index (κ1) is 18.6. The monoisotopic (exact) mass is 364 g/mol. The van der Waals surface area contributed by atoms with E-state index >= 15 is 0 Å². The van der Waals surface area contributed by atoms with Crippen LogP contribution < -0.4 is 10.6 Å². The molecule has 0 heterocycles. The first-order valence-electron chi connectivity index (χ1n) is 8.85. The van der Waals surface area contributed by atoms with Crippen LogP contribution in [0.3, 0.4) is 0 Å². The van der Waals surface area contributed by atoms with Gasteiger partial charge >= 0.3 is 0 Å². The van der Waals surface area contributed by atoms with E-state index < -0.39 is 0 Å². The summed E-state index contributed by atoms with van der Waals surface area (Å²) in [6.45, 7) is 2.08. The Kier molecular flexibility index (Phi) is 5.81. The number of benzene rings is 3. The zero-order chi connectivity index (χ0) is 19.2. The van der Waals surface area contributed by atoms with Gasteiger partial charge in [-0.15, -0.1) is 0 Å². The highest BCUT2D eigenvalue weighted by atomic mass is 19.1. The fourth-order valence-corrected chi connectivity index (χ4v) is 2.87. The number of hydrogen-bond donors (Lipinski definition) is 2. The van der Waals surface area contributed by atoms with Gasteiger partial charge in [0.15, 0.2) is 0 Å². The van der Waals surface area contributed by atoms with E-state index in [0.717, 1.165) is 16.3 Å². The third-order valence-electron chi connectivity index (χ3n) is 4.40. The standard InChI is InChI=1S/C22H21FN2O2/c1-15(16-8-10-20(23)11-9-16)25-21(26)12-13-24-22(27)19-7-6-17-4-2-3-5-18(17)14-19/h2-11,14-15H,12-13H2,1H3,(H,24,27)(H,25,26). The molecule has 0 spiro atoms. The summed E-state index contributed by atoms with van der Waals surface area (Å²) < 4.78 is 13.0. The van der Waals surface area contributed by atoms with Crippen LogP contribution in [0.2, 0.25) is 0 Å². The van der Waals surface area contributed by atoms with Crippen molar-refractivity contribution in [2.75, 3.05) is 6.54 Å². The highest BCUT2D eigenvalue weighted by Crippen LogP contribution is 2.15. The molecule has 0 fully saturated rings. The van der Waals surface area contributed by atoms with Crippen LogP contribution in [0, 0.1) is 5.82 Å². The van der Waals surface area contributed by atoms with Gasteiger partial charge in [0, 0.05) is 18.5 Å². The van der Waals surface area contributed by atoms with Gasteiger partial charge in [-0.05, 0) is 47.5 Å². The van der Waals surface area contributed by atoms with Crippen molar-refractivity contribution in [1.29, 1.82) is 0 Å². The van der Waals surface area contributed by atoms with Crippen molar-refractivity contribution in [3.63, 3.8) is 0 Å². The summed E-state index contributed by atoms with van der Waals surface area (Å²) in [5.74, 6) is -0.695. The van der Waals surface area contributed by atoms with Crippen LogP contribution in [0.5, 0.6) is 0 Å². The molecule has 1 atom stereocenters. The molecule has 0 saturated heterocycles. The molecule has 2 N–H and O–H groups in total. The fourth-order valence-electron chi connectivity index (χ4n) is 2.87. The van der Waals surface area contributed by atoms with Crippen molar-refractivity contribution < 1.29 is 14.0 Å². The van der Waals surface area contributed by atoms with Gasteiger partial charge in [-0.3, -0.25) is 9.59 Å². The van der Waals surface area contributed by atoms with E-state index in [9.17, 15) is 14.0 Å². The first-order chi connectivity index (χ1) is 13.0. The van der Waals surface area contributed by atoms with Gasteiger partial charge in [0.25, 0.3) is 5.91 Å². The van der Waals surface area contributed by atoms with Crippen LogP contribution in [-0.2, 0) is 4.79 Å². The summed E-state index contributed by atoms with van der Waals surface area (Å²) >= 11 is 0. The quantitative estimate of drug-likeness (QED) is 0.695. The van der Waals surface area contributed by atoms with E-state index in [-0.39, 0.29) is 36.6 Å². The molecule has 3 rings (SSSR count). The minimum atomic E-state index is -0.311. The number of halogens is 1. The van der Waals surface area contributed by atoms with E-state index in [1.165, 1.54) is 12.1 Å². The van der Waals surface area contributed by atoms with Gasteiger partial charge in [0.1, 0.15) is 5.82 Å². The van der Waals surface area contributed by atoms with Crippen molar-refractivity contribution in [1.82, 2.24) is 10.6 Å². The van der Waals surface area contributed by atoms with E-state index in [2.05, 4.69) is 10.6 Å². The Balaban J connectivity index is 1.48. The Morgan fingerprint density at radius 2 is 1.67 bits per heavy atom. The number of rotatable bonds is 6. The van der Waals surface area contributed by atoms with E-state index in [4.69, 9.17) is 0 Å². The van der Waals surface area contributed by atoms with Crippen LogP contribution in [0.25, 0.3) is 10.8 Å². The third-order valence-corrected chi connectivity index (χ3v) is 4.40. The number of amides is 2. The number of hydrogen-bond acceptors (Lipinski definition) is 2. The van der Waals surface area contributed by atoms with Gasteiger partial charge in [-0.25, -0.2) is 4.39 Å². The Hall–Kier alpha value is -3.21. The Morgan fingerprint density at radius 1 is 0.963 bits per heavy atom. The molecule has 0 aliphatic carbocycles. The average Bonchev–Trinajstić information content (AvgIpc) is 2.68. The van der Waals surface area contributed by atoms with Crippen LogP contribution in [0.1, 0.15) is 35.3 Å². The highest BCUT2D eigenvalue weighted by molar-refractivity contribution is 5.98. The molecule has 0 saturated carbocycles. The molecule has 3 aromatic carbocycles. The summed E-state index contributed by atoms with van der Waals surface area (Å²) in [5, 5.41) is 7.68. The Labute approximate surface area is 157 Å². The lowest BCUT2D eigenvalue weighted by molar-refractivity contribution is -0.121. The van der Waals surface area contributed by atoms with Gasteiger partial charge in [-0.2, -0.15) is 0 Å². The summed E-state index contributed by atoms with van der Waals surface area (Å²) in [6, 6.07) is 19.1. The van der Waals surface area contributed by atoms with E-state index in [0.29, 0.717) is 5.56 Å². The molecule has 0 aliphatic rings. The maximum atomic E-state index is 13.0. The molecule has 27 heavy (non-hydrogen) atoms. The summed E-state index contributed by atoms with van der Waals surface area (Å²) in [6.07, 6.45) is 0.171. The van der Waals surface area contributed by atoms with Crippen molar-refractivity contribution in [3.05, 3.63) is 83.7 Å². The lowest BCUT2D eigenvalue weighted by atomic mass is 10.1. The fraction of sp³-hybridized carbons (Fsp3) is 0.182. The lowest BCUT2D eigenvalue weighted by Crippen LogP contribution is -2.32. The van der Waals surface area contributed by atoms with Crippen molar-refractivity contribution in [3.8, 4) is 0 Å². The van der Waals surface area contributed by atoms with Crippen molar-refractivity contribution in [2.45, 2.75) is 19.4 Å². The molecule has 0 bridgehead atoms. The van der Waals surface area contributed by atoms with E-state index in [1.54, 1.807) is 18.2 Å². The first-order valence-corrected chi connectivity index (χ1v) is 8.85. The summed E-state index contributed by atoms with van der Waals surface area (Å²) in [7, 11) is 0. The molecule has 2 amide bonds. The summed E-state index contributed by atoms with van der Waals surface area (Å²) in [4.78, 5) is 24.3. The normalized spacial score (nSPS) is 11.8. The minimum absolute atomic E-state index is 0.171. The Morgan fingerprint density at radius 3 is 2.41 bits per heavy atom. The smallest absolute Gasteiger partial charge is 0.251 e. The summed E-state index contributed by atoms with van der Waals surface area (Å²) in [5.41, 5.74) is 1.39. The average molecular weight is 364 g/mol. The topological polar surface area (TPSA) is 58.2 Å². The molecule has 3 aromatic rings. The second-order valence-electron chi connectivity index (χ2n) is 6.41. The molecule has 1 unspecified atom stereocenters. The zero-order valence-electron chi connectivity index (χ0n) is 15.0. The number of nitrogens with one attached hydrogen (secondary N) is 2. The molecule has 0 radical (unpaired) electrons. The van der Waals surface area contributed by atoms with Crippen LogP contribution in [0.4, 0.5) is 4.39 Å².